The molecule has 0 amide bonds. The number of carbonyl (C=O) groups excluding carboxylic acids is 1. The molecular formula is C16H22BNO4. The van der Waals surface area contributed by atoms with Crippen LogP contribution in [0.2, 0.25) is 0 Å². The Balaban J connectivity index is 2.01. The molecule has 1 aromatic heterocycles. The highest BCUT2D eigenvalue weighted by Gasteiger charge is 2.53. The maximum Gasteiger partial charge on any atom is 0.497 e. The Kier molecular flexibility index (Phi) is 3.57. The van der Waals surface area contributed by atoms with Gasteiger partial charge in [0, 0.05) is 11.7 Å². The van der Waals surface area contributed by atoms with Crippen molar-refractivity contribution < 1.29 is 18.8 Å². The lowest BCUT2D eigenvalue weighted by Crippen LogP contribution is -2.41. The molecule has 0 N–H and O–H groups in total. The molecule has 1 saturated heterocycles. The van der Waals surface area contributed by atoms with E-state index in [1.165, 1.54) is 20.0 Å². The highest BCUT2D eigenvalue weighted by molar-refractivity contribution is 6.63. The maximum absolute atomic E-state index is 12.0. The van der Waals surface area contributed by atoms with E-state index in [0.29, 0.717) is 11.4 Å². The number of pyridine rings is 1. The molecule has 22 heavy (non-hydrogen) atoms. The minimum atomic E-state index is -0.606. The van der Waals surface area contributed by atoms with Crippen LogP contribution in [-0.2, 0) is 14.0 Å². The molecule has 1 saturated carbocycles. The maximum atomic E-state index is 12.0. The lowest BCUT2D eigenvalue weighted by atomic mass is 9.77. The minimum Gasteiger partial charge on any atom is -0.464 e. The van der Waals surface area contributed by atoms with Crippen molar-refractivity contribution in [1.82, 2.24) is 4.98 Å². The van der Waals surface area contributed by atoms with Gasteiger partial charge in [-0.05, 0) is 52.0 Å². The SMILES string of the molecule is COC(=O)c1ncc(C2CC2)cc1B1OC(C)(C)C(C)(C)O1. The smallest absolute Gasteiger partial charge is 0.464 e. The van der Waals surface area contributed by atoms with E-state index in [1.54, 1.807) is 6.20 Å². The number of carbonyl (C=O) groups is 1. The lowest BCUT2D eigenvalue weighted by Gasteiger charge is -2.32. The summed E-state index contributed by atoms with van der Waals surface area (Å²) in [6.45, 7) is 7.96. The number of ether oxygens (including phenoxy) is 1. The van der Waals surface area contributed by atoms with Crippen molar-refractivity contribution in [2.75, 3.05) is 7.11 Å². The monoisotopic (exact) mass is 303 g/mol. The first-order valence-electron chi connectivity index (χ1n) is 7.69. The molecule has 118 valence electrons. The number of aromatic nitrogens is 1. The van der Waals surface area contributed by atoms with Gasteiger partial charge in [-0.3, -0.25) is 0 Å². The third-order valence-electron chi connectivity index (χ3n) is 4.87. The van der Waals surface area contributed by atoms with Gasteiger partial charge in [0.05, 0.1) is 18.3 Å². The third kappa shape index (κ3) is 2.54. The first kappa shape index (κ1) is 15.5. The van der Waals surface area contributed by atoms with E-state index >= 15 is 0 Å². The normalized spacial score (nSPS) is 22.7. The predicted octanol–water partition coefficient (Wildman–Crippen LogP) is 2.04. The molecule has 2 aliphatic rings. The Morgan fingerprint density at radius 3 is 2.36 bits per heavy atom. The van der Waals surface area contributed by atoms with Crippen LogP contribution in [0.5, 0.6) is 0 Å². The Morgan fingerprint density at radius 2 is 1.86 bits per heavy atom. The standard InChI is InChI=1S/C16H22BNO4/c1-15(2)16(3,4)22-17(21-15)12-8-11(10-6-7-10)9-18-13(12)14(19)20-5/h8-10H,6-7H2,1-5H3. The summed E-state index contributed by atoms with van der Waals surface area (Å²) in [5.74, 6) is 0.0763. The fourth-order valence-corrected chi connectivity index (χ4v) is 2.56. The molecule has 1 aromatic rings. The third-order valence-corrected chi connectivity index (χ3v) is 4.87. The molecule has 0 atom stereocenters. The van der Waals surface area contributed by atoms with Crippen molar-refractivity contribution >= 4 is 18.6 Å². The van der Waals surface area contributed by atoms with Crippen LogP contribution in [0.25, 0.3) is 0 Å². The van der Waals surface area contributed by atoms with Crippen molar-refractivity contribution in [2.24, 2.45) is 0 Å². The van der Waals surface area contributed by atoms with Crippen LogP contribution in [0.15, 0.2) is 12.3 Å². The minimum absolute atomic E-state index is 0.269. The Morgan fingerprint density at radius 1 is 1.27 bits per heavy atom. The molecular weight excluding hydrogens is 281 g/mol. The molecule has 0 unspecified atom stereocenters. The van der Waals surface area contributed by atoms with Crippen LogP contribution in [0.4, 0.5) is 0 Å². The first-order valence-corrected chi connectivity index (χ1v) is 7.69. The van der Waals surface area contributed by atoms with Crippen LogP contribution in [-0.4, -0.2) is 36.4 Å². The Hall–Kier alpha value is -1.40. The largest absolute Gasteiger partial charge is 0.497 e. The number of hydrogen-bond donors (Lipinski definition) is 0. The van der Waals surface area contributed by atoms with Gasteiger partial charge in [0.15, 0.2) is 0 Å². The average molecular weight is 303 g/mol. The Labute approximate surface area is 131 Å². The van der Waals surface area contributed by atoms with Crippen LogP contribution in [0.3, 0.4) is 0 Å². The van der Waals surface area contributed by atoms with Crippen molar-refractivity contribution in [3.05, 3.63) is 23.5 Å². The second-order valence-electron chi connectivity index (χ2n) is 7.06. The van der Waals surface area contributed by atoms with Crippen LogP contribution >= 0.6 is 0 Å². The second kappa shape index (κ2) is 5.06. The van der Waals surface area contributed by atoms with Gasteiger partial charge in [0.2, 0.25) is 0 Å². The van der Waals surface area contributed by atoms with Gasteiger partial charge < -0.3 is 14.0 Å². The molecule has 0 radical (unpaired) electrons. The molecule has 1 aliphatic heterocycles. The van der Waals surface area contributed by atoms with E-state index in [4.69, 9.17) is 14.0 Å². The number of esters is 1. The van der Waals surface area contributed by atoms with Gasteiger partial charge in [0.1, 0.15) is 5.69 Å². The van der Waals surface area contributed by atoms with Gasteiger partial charge in [-0.25, -0.2) is 9.78 Å². The molecule has 0 aromatic carbocycles. The fourth-order valence-electron chi connectivity index (χ4n) is 2.56. The zero-order valence-electron chi connectivity index (χ0n) is 13.8. The highest BCUT2D eigenvalue weighted by atomic mass is 16.7. The van der Waals surface area contributed by atoms with E-state index in [1.807, 2.05) is 33.8 Å². The fraction of sp³-hybridized carbons (Fsp3) is 0.625. The molecule has 0 bridgehead atoms. The summed E-state index contributed by atoms with van der Waals surface area (Å²) in [5, 5.41) is 0. The summed E-state index contributed by atoms with van der Waals surface area (Å²) in [5.41, 5.74) is 1.15. The van der Waals surface area contributed by atoms with Crippen molar-refractivity contribution in [1.29, 1.82) is 0 Å². The molecule has 0 spiro atoms. The van der Waals surface area contributed by atoms with Crippen molar-refractivity contribution in [3.63, 3.8) is 0 Å². The zero-order valence-corrected chi connectivity index (χ0v) is 13.8. The predicted molar refractivity (Wildman–Crippen MR) is 83.3 cm³/mol. The second-order valence-corrected chi connectivity index (χ2v) is 7.06. The van der Waals surface area contributed by atoms with E-state index in [2.05, 4.69) is 4.98 Å². The van der Waals surface area contributed by atoms with Gasteiger partial charge in [0.25, 0.3) is 0 Å². The number of nitrogens with zero attached hydrogens (tertiary/aromatic N) is 1. The van der Waals surface area contributed by atoms with E-state index in [-0.39, 0.29) is 5.69 Å². The molecule has 5 nitrogen and oxygen atoms in total. The summed E-state index contributed by atoms with van der Waals surface area (Å²) in [7, 11) is 0.748. The van der Waals surface area contributed by atoms with Crippen LogP contribution < -0.4 is 5.46 Å². The molecule has 2 heterocycles. The number of rotatable bonds is 3. The van der Waals surface area contributed by atoms with E-state index in [0.717, 1.165) is 5.56 Å². The van der Waals surface area contributed by atoms with E-state index in [9.17, 15) is 4.79 Å². The van der Waals surface area contributed by atoms with E-state index < -0.39 is 24.3 Å². The molecule has 3 rings (SSSR count). The lowest BCUT2D eigenvalue weighted by molar-refractivity contribution is 0.00578. The average Bonchev–Trinajstić information content (AvgIpc) is 3.26. The summed E-state index contributed by atoms with van der Waals surface area (Å²) < 4.78 is 17.0. The molecule has 1 aliphatic carbocycles. The highest BCUT2D eigenvalue weighted by Crippen LogP contribution is 2.40. The summed E-state index contributed by atoms with van der Waals surface area (Å²) in [6.07, 6.45) is 4.10. The molecule has 2 fully saturated rings. The first-order chi connectivity index (χ1) is 10.2. The van der Waals surface area contributed by atoms with Crippen molar-refractivity contribution in [2.45, 2.75) is 57.7 Å². The van der Waals surface area contributed by atoms with Crippen LogP contribution in [0.1, 0.15) is 62.5 Å². The van der Waals surface area contributed by atoms with Gasteiger partial charge in [-0.2, -0.15) is 0 Å². The topological polar surface area (TPSA) is 57.7 Å². The van der Waals surface area contributed by atoms with Crippen molar-refractivity contribution in [3.8, 4) is 0 Å². The molecule has 6 heteroatoms. The number of methoxy groups -OCH3 is 1. The number of hydrogen-bond acceptors (Lipinski definition) is 5. The quantitative estimate of drug-likeness (QED) is 0.632. The van der Waals surface area contributed by atoms with Crippen LogP contribution in [0, 0.1) is 0 Å². The summed E-state index contributed by atoms with van der Waals surface area (Å²) in [6, 6.07) is 1.99. The summed E-state index contributed by atoms with van der Waals surface area (Å²) in [4.78, 5) is 16.3. The summed E-state index contributed by atoms with van der Waals surface area (Å²) >= 11 is 0. The van der Waals surface area contributed by atoms with Gasteiger partial charge >= 0.3 is 13.1 Å². The van der Waals surface area contributed by atoms with Gasteiger partial charge in [-0.15, -0.1) is 0 Å². The Bertz CT molecular complexity index is 594. The zero-order chi connectivity index (χ0) is 16.1. The van der Waals surface area contributed by atoms with Gasteiger partial charge in [-0.1, -0.05) is 6.07 Å².